The van der Waals surface area contributed by atoms with E-state index < -0.39 is 10.0 Å². The number of anilines is 1. The maximum absolute atomic E-state index is 12.1. The highest BCUT2D eigenvalue weighted by Gasteiger charge is 2.37. The average molecular weight is 347 g/mol. The fraction of sp³-hybridized carbons (Fsp3) is 0.250. The quantitative estimate of drug-likeness (QED) is 0.889. The van der Waals surface area contributed by atoms with Crippen LogP contribution in [0.4, 0.5) is 5.82 Å². The van der Waals surface area contributed by atoms with Crippen LogP contribution < -0.4 is 10.1 Å². The predicted octanol–water partition coefficient (Wildman–Crippen LogP) is 1.70. The lowest BCUT2D eigenvalue weighted by molar-refractivity contribution is -0.122. The van der Waals surface area contributed by atoms with Crippen LogP contribution in [0, 0.1) is 5.92 Å². The van der Waals surface area contributed by atoms with Gasteiger partial charge in [-0.3, -0.25) is 4.79 Å². The van der Waals surface area contributed by atoms with Gasteiger partial charge < -0.3 is 10.1 Å². The lowest BCUT2D eigenvalue weighted by Crippen LogP contribution is -2.53. The van der Waals surface area contributed by atoms with E-state index >= 15 is 0 Å². The zero-order valence-electron chi connectivity index (χ0n) is 13.0. The van der Waals surface area contributed by atoms with Crippen molar-refractivity contribution in [3.63, 3.8) is 0 Å². The van der Waals surface area contributed by atoms with Crippen LogP contribution in [0.3, 0.4) is 0 Å². The van der Waals surface area contributed by atoms with Crippen LogP contribution in [-0.2, 0) is 14.8 Å². The molecule has 1 aliphatic heterocycles. The summed E-state index contributed by atoms with van der Waals surface area (Å²) >= 11 is 0. The van der Waals surface area contributed by atoms with E-state index in [1.807, 2.05) is 18.2 Å². The van der Waals surface area contributed by atoms with Crippen LogP contribution in [0.5, 0.6) is 11.6 Å². The Kier molecular flexibility index (Phi) is 4.50. The molecule has 1 fully saturated rings. The van der Waals surface area contributed by atoms with Crippen molar-refractivity contribution >= 4 is 21.7 Å². The summed E-state index contributed by atoms with van der Waals surface area (Å²) in [5, 5.41) is 2.69. The number of hydrogen-bond donors (Lipinski definition) is 1. The fourth-order valence-corrected chi connectivity index (χ4v) is 3.16. The number of sulfonamides is 1. The highest BCUT2D eigenvalue weighted by Crippen LogP contribution is 2.22. The molecule has 2 heterocycles. The SMILES string of the molecule is CS(=O)(=O)N1CC(C(=O)Nc2cccc(Oc3ccccc3)n2)C1. The number of para-hydroxylation sites is 1. The first-order chi connectivity index (χ1) is 11.4. The zero-order chi connectivity index (χ0) is 17.2. The molecule has 0 aliphatic carbocycles. The topological polar surface area (TPSA) is 88.6 Å². The first-order valence-corrected chi connectivity index (χ1v) is 9.22. The lowest BCUT2D eigenvalue weighted by atomic mass is 10.0. The highest BCUT2D eigenvalue weighted by atomic mass is 32.2. The summed E-state index contributed by atoms with van der Waals surface area (Å²) in [5.41, 5.74) is 0. The monoisotopic (exact) mass is 347 g/mol. The van der Waals surface area contributed by atoms with Crippen LogP contribution >= 0.6 is 0 Å². The predicted molar refractivity (Wildman–Crippen MR) is 89.3 cm³/mol. The molecule has 1 N–H and O–H groups in total. The van der Waals surface area contributed by atoms with Gasteiger partial charge in [0.2, 0.25) is 21.8 Å². The van der Waals surface area contributed by atoms with E-state index in [0.29, 0.717) is 17.4 Å². The maximum atomic E-state index is 12.1. The Morgan fingerprint density at radius 2 is 1.88 bits per heavy atom. The fourth-order valence-electron chi connectivity index (χ4n) is 2.25. The second-order valence-electron chi connectivity index (χ2n) is 5.54. The van der Waals surface area contributed by atoms with E-state index in [4.69, 9.17) is 4.74 Å². The number of hydrogen-bond acceptors (Lipinski definition) is 5. The Hall–Kier alpha value is -2.45. The van der Waals surface area contributed by atoms with Crippen LogP contribution in [-0.4, -0.2) is 43.0 Å². The van der Waals surface area contributed by atoms with E-state index in [1.54, 1.807) is 30.3 Å². The van der Waals surface area contributed by atoms with E-state index in [-0.39, 0.29) is 24.9 Å². The second kappa shape index (κ2) is 6.58. The summed E-state index contributed by atoms with van der Waals surface area (Å²) in [6.07, 6.45) is 1.13. The van der Waals surface area contributed by atoms with Crippen molar-refractivity contribution in [1.82, 2.24) is 9.29 Å². The molecule has 1 amide bonds. The van der Waals surface area contributed by atoms with Gasteiger partial charge in [0.25, 0.3) is 0 Å². The van der Waals surface area contributed by atoms with Gasteiger partial charge in [-0.2, -0.15) is 4.98 Å². The Balaban J connectivity index is 1.60. The molecule has 0 saturated carbocycles. The minimum absolute atomic E-state index is 0.199. The molecule has 126 valence electrons. The van der Waals surface area contributed by atoms with E-state index in [0.717, 1.165) is 6.26 Å². The molecule has 7 nitrogen and oxygen atoms in total. The number of nitrogens with zero attached hydrogens (tertiary/aromatic N) is 2. The van der Waals surface area contributed by atoms with Gasteiger partial charge in [-0.05, 0) is 18.2 Å². The molecule has 24 heavy (non-hydrogen) atoms. The van der Waals surface area contributed by atoms with Crippen molar-refractivity contribution in [3.05, 3.63) is 48.5 Å². The van der Waals surface area contributed by atoms with Crippen LogP contribution in [0.2, 0.25) is 0 Å². The van der Waals surface area contributed by atoms with Crippen molar-refractivity contribution in [2.75, 3.05) is 24.7 Å². The molecule has 0 atom stereocenters. The molecule has 0 unspecified atom stereocenters. The van der Waals surface area contributed by atoms with Gasteiger partial charge in [0.15, 0.2) is 0 Å². The minimum atomic E-state index is -3.23. The molecule has 2 aromatic rings. The number of amides is 1. The van der Waals surface area contributed by atoms with Gasteiger partial charge in [0.1, 0.15) is 11.6 Å². The van der Waals surface area contributed by atoms with Gasteiger partial charge >= 0.3 is 0 Å². The second-order valence-corrected chi connectivity index (χ2v) is 7.52. The Bertz CT molecular complexity index is 833. The van der Waals surface area contributed by atoms with Crippen molar-refractivity contribution < 1.29 is 17.9 Å². The maximum Gasteiger partial charge on any atom is 0.231 e. The number of pyridine rings is 1. The lowest BCUT2D eigenvalue weighted by Gasteiger charge is -2.35. The third-order valence-corrected chi connectivity index (χ3v) is 4.86. The Morgan fingerprint density at radius 1 is 1.17 bits per heavy atom. The number of rotatable bonds is 5. The smallest absolute Gasteiger partial charge is 0.231 e. The number of carbonyl (C=O) groups is 1. The molecule has 1 aromatic carbocycles. The van der Waals surface area contributed by atoms with Crippen molar-refractivity contribution in [2.24, 2.45) is 5.92 Å². The van der Waals surface area contributed by atoms with Crippen LogP contribution in [0.1, 0.15) is 0 Å². The van der Waals surface area contributed by atoms with E-state index in [1.165, 1.54) is 4.31 Å². The summed E-state index contributed by atoms with van der Waals surface area (Å²) < 4.78 is 29.5. The first kappa shape index (κ1) is 16.4. The molecule has 1 aliphatic rings. The summed E-state index contributed by atoms with van der Waals surface area (Å²) in [5.74, 6) is 0.771. The van der Waals surface area contributed by atoms with Gasteiger partial charge in [0, 0.05) is 19.2 Å². The number of ether oxygens (including phenoxy) is 1. The Morgan fingerprint density at radius 3 is 2.54 bits per heavy atom. The minimum Gasteiger partial charge on any atom is -0.439 e. The molecule has 0 radical (unpaired) electrons. The van der Waals surface area contributed by atoms with Crippen molar-refractivity contribution in [2.45, 2.75) is 0 Å². The van der Waals surface area contributed by atoms with Gasteiger partial charge in [-0.1, -0.05) is 24.3 Å². The molecular formula is C16H17N3O4S. The molecule has 1 aromatic heterocycles. The molecule has 0 bridgehead atoms. The third-order valence-electron chi connectivity index (χ3n) is 3.63. The number of nitrogens with one attached hydrogen (secondary N) is 1. The Labute approximate surface area is 140 Å². The summed E-state index contributed by atoms with van der Waals surface area (Å²) in [6, 6.07) is 14.3. The summed E-state index contributed by atoms with van der Waals surface area (Å²) in [7, 11) is -3.23. The standard InChI is InChI=1S/C16H17N3O4S/c1-24(21,22)19-10-12(11-19)16(20)18-14-8-5-9-15(17-14)23-13-6-3-2-4-7-13/h2-9,12H,10-11H2,1H3,(H,17,18,20). The third kappa shape index (κ3) is 3.90. The van der Waals surface area contributed by atoms with E-state index in [9.17, 15) is 13.2 Å². The highest BCUT2D eigenvalue weighted by molar-refractivity contribution is 7.88. The normalized spacial score (nSPS) is 15.5. The first-order valence-electron chi connectivity index (χ1n) is 7.38. The summed E-state index contributed by atoms with van der Waals surface area (Å²) in [4.78, 5) is 16.4. The summed E-state index contributed by atoms with van der Waals surface area (Å²) in [6.45, 7) is 0.399. The largest absolute Gasteiger partial charge is 0.439 e. The van der Waals surface area contributed by atoms with Crippen molar-refractivity contribution in [1.29, 1.82) is 0 Å². The molecule has 1 saturated heterocycles. The van der Waals surface area contributed by atoms with Gasteiger partial charge in [0.05, 0.1) is 12.2 Å². The average Bonchev–Trinajstić information content (AvgIpc) is 2.45. The molecule has 3 rings (SSSR count). The molecular weight excluding hydrogens is 330 g/mol. The van der Waals surface area contributed by atoms with Gasteiger partial charge in [-0.25, -0.2) is 12.7 Å². The number of aromatic nitrogens is 1. The zero-order valence-corrected chi connectivity index (χ0v) is 13.9. The number of benzene rings is 1. The van der Waals surface area contributed by atoms with Gasteiger partial charge in [-0.15, -0.1) is 0 Å². The number of carbonyl (C=O) groups excluding carboxylic acids is 1. The van der Waals surface area contributed by atoms with E-state index in [2.05, 4.69) is 10.3 Å². The van der Waals surface area contributed by atoms with Crippen LogP contribution in [0.25, 0.3) is 0 Å². The molecule has 0 spiro atoms. The molecule has 8 heteroatoms. The van der Waals surface area contributed by atoms with Crippen molar-refractivity contribution in [3.8, 4) is 11.6 Å². The van der Waals surface area contributed by atoms with Crippen LogP contribution in [0.15, 0.2) is 48.5 Å².